The van der Waals surface area contributed by atoms with Crippen molar-refractivity contribution in [2.24, 2.45) is 0 Å². The number of carbonyl (C=O) groups excluding carboxylic acids is 1. The fourth-order valence-electron chi connectivity index (χ4n) is 2.66. The molecule has 27 heavy (non-hydrogen) atoms. The molecule has 2 aromatic heterocycles. The number of nitrogens with one attached hydrogen (secondary N) is 1. The maximum atomic E-state index is 12.4. The van der Waals surface area contributed by atoms with Crippen molar-refractivity contribution in [2.45, 2.75) is 36.7 Å². The molecule has 1 aromatic carbocycles. The van der Waals surface area contributed by atoms with Crippen LogP contribution in [0.4, 0.5) is 0 Å². The summed E-state index contributed by atoms with van der Waals surface area (Å²) >= 11 is 1.25. The number of rotatable bonds is 8. The Morgan fingerprint density at radius 3 is 2.70 bits per heavy atom. The number of benzene rings is 1. The second-order valence-corrected chi connectivity index (χ2v) is 7.43. The van der Waals surface area contributed by atoms with Crippen LogP contribution in [-0.2, 0) is 4.79 Å². The number of amides is 1. The third kappa shape index (κ3) is 5.17. The van der Waals surface area contributed by atoms with Crippen LogP contribution in [0.15, 0.2) is 64.5 Å². The summed E-state index contributed by atoms with van der Waals surface area (Å²) in [7, 11) is 0. The van der Waals surface area contributed by atoms with Crippen molar-refractivity contribution in [1.29, 1.82) is 0 Å². The molecule has 0 saturated carbocycles. The van der Waals surface area contributed by atoms with Crippen molar-refractivity contribution in [3.8, 4) is 11.5 Å². The second-order valence-electron chi connectivity index (χ2n) is 6.14. The molecule has 0 unspecified atom stereocenters. The van der Waals surface area contributed by atoms with Gasteiger partial charge in [-0.2, -0.15) is 0 Å². The molecule has 0 fully saturated rings. The minimum Gasteiger partial charge on any atom is -0.411 e. The van der Waals surface area contributed by atoms with E-state index in [1.807, 2.05) is 31.2 Å². The molecule has 1 amide bonds. The van der Waals surface area contributed by atoms with Gasteiger partial charge in [0.1, 0.15) is 0 Å². The first-order valence-electron chi connectivity index (χ1n) is 8.90. The van der Waals surface area contributed by atoms with Gasteiger partial charge in [0.05, 0.1) is 10.8 Å². The van der Waals surface area contributed by atoms with Crippen LogP contribution in [0.3, 0.4) is 0 Å². The zero-order chi connectivity index (χ0) is 19.1. The molecule has 6 nitrogen and oxygen atoms in total. The van der Waals surface area contributed by atoms with Gasteiger partial charge < -0.3 is 9.73 Å². The van der Waals surface area contributed by atoms with E-state index in [1.54, 1.807) is 18.5 Å². The lowest BCUT2D eigenvalue weighted by atomic mass is 9.96. The molecule has 0 aliphatic carbocycles. The van der Waals surface area contributed by atoms with Crippen molar-refractivity contribution >= 4 is 17.7 Å². The summed E-state index contributed by atoms with van der Waals surface area (Å²) in [6.45, 7) is 4.56. The largest absolute Gasteiger partial charge is 0.411 e. The lowest BCUT2D eigenvalue weighted by molar-refractivity contribution is -0.120. The van der Waals surface area contributed by atoms with E-state index in [2.05, 4.69) is 39.6 Å². The second kappa shape index (κ2) is 9.32. The summed E-state index contributed by atoms with van der Waals surface area (Å²) in [5.74, 6) is 0.650. The summed E-state index contributed by atoms with van der Waals surface area (Å²) < 4.78 is 5.63. The summed E-state index contributed by atoms with van der Waals surface area (Å²) in [4.78, 5) is 16.5. The van der Waals surface area contributed by atoms with Crippen LogP contribution in [0.2, 0.25) is 0 Å². The normalized spacial score (nSPS) is 13.1. The highest BCUT2D eigenvalue weighted by Gasteiger charge is 2.20. The van der Waals surface area contributed by atoms with E-state index >= 15 is 0 Å². The summed E-state index contributed by atoms with van der Waals surface area (Å²) in [5, 5.41) is 11.1. The Kier molecular flexibility index (Phi) is 6.59. The van der Waals surface area contributed by atoms with Gasteiger partial charge in [-0.1, -0.05) is 49.0 Å². The molecule has 0 aliphatic rings. The molecule has 0 aliphatic heterocycles. The predicted octanol–water partition coefficient (Wildman–Crippen LogP) is 3.92. The van der Waals surface area contributed by atoms with Crippen LogP contribution >= 0.6 is 11.8 Å². The minimum absolute atomic E-state index is 0.0458. The van der Waals surface area contributed by atoms with Crippen LogP contribution in [0.1, 0.15) is 31.7 Å². The molecule has 140 valence electrons. The van der Waals surface area contributed by atoms with Gasteiger partial charge in [-0.25, -0.2) is 0 Å². The number of aromatic nitrogens is 3. The van der Waals surface area contributed by atoms with Crippen molar-refractivity contribution in [3.05, 3.63) is 60.4 Å². The fourth-order valence-corrected chi connectivity index (χ4v) is 3.37. The third-order valence-electron chi connectivity index (χ3n) is 4.25. The number of carbonyl (C=O) groups is 1. The highest BCUT2D eigenvalue weighted by molar-refractivity contribution is 8.00. The van der Waals surface area contributed by atoms with Gasteiger partial charge in [-0.05, 0) is 31.0 Å². The molecular weight excluding hydrogens is 360 g/mol. The van der Waals surface area contributed by atoms with Gasteiger partial charge in [0.2, 0.25) is 11.8 Å². The SMILES string of the molecule is CC[C@H](CNC(=O)[C@H](C)Sc1nnc(-c2cccnc2)o1)c1ccccc1. The average Bonchev–Trinajstić information content (AvgIpc) is 3.18. The fraction of sp³-hybridized carbons (Fsp3) is 0.300. The smallest absolute Gasteiger partial charge is 0.277 e. The van der Waals surface area contributed by atoms with Crippen LogP contribution < -0.4 is 5.32 Å². The Labute approximate surface area is 162 Å². The van der Waals surface area contributed by atoms with Gasteiger partial charge in [0, 0.05) is 24.9 Å². The van der Waals surface area contributed by atoms with Crippen LogP contribution in [0.25, 0.3) is 11.5 Å². The van der Waals surface area contributed by atoms with Crippen molar-refractivity contribution in [3.63, 3.8) is 0 Å². The van der Waals surface area contributed by atoms with E-state index in [0.717, 1.165) is 12.0 Å². The molecule has 1 N–H and O–H groups in total. The van der Waals surface area contributed by atoms with E-state index < -0.39 is 0 Å². The first kappa shape index (κ1) is 19.1. The quantitative estimate of drug-likeness (QED) is 0.595. The Hall–Kier alpha value is -2.67. The van der Waals surface area contributed by atoms with Crippen molar-refractivity contribution < 1.29 is 9.21 Å². The first-order valence-corrected chi connectivity index (χ1v) is 9.78. The maximum absolute atomic E-state index is 12.4. The first-order chi connectivity index (χ1) is 13.2. The van der Waals surface area contributed by atoms with E-state index in [-0.39, 0.29) is 11.2 Å². The molecule has 0 bridgehead atoms. The van der Waals surface area contributed by atoms with E-state index in [0.29, 0.717) is 23.6 Å². The Balaban J connectivity index is 1.54. The van der Waals surface area contributed by atoms with E-state index in [4.69, 9.17) is 4.42 Å². The van der Waals surface area contributed by atoms with Gasteiger partial charge in [-0.3, -0.25) is 9.78 Å². The molecule has 7 heteroatoms. The van der Waals surface area contributed by atoms with Crippen LogP contribution in [0, 0.1) is 0 Å². The zero-order valence-electron chi connectivity index (χ0n) is 15.3. The van der Waals surface area contributed by atoms with Gasteiger partial charge in [-0.15, -0.1) is 10.2 Å². The summed E-state index contributed by atoms with van der Waals surface area (Å²) in [6, 6.07) is 13.9. The number of thioether (sulfide) groups is 1. The Morgan fingerprint density at radius 1 is 1.19 bits per heavy atom. The van der Waals surface area contributed by atoms with Crippen LogP contribution in [0.5, 0.6) is 0 Å². The van der Waals surface area contributed by atoms with E-state index in [1.165, 1.54) is 17.3 Å². The van der Waals surface area contributed by atoms with E-state index in [9.17, 15) is 4.79 Å². The van der Waals surface area contributed by atoms with Gasteiger partial charge in [0.25, 0.3) is 5.22 Å². The van der Waals surface area contributed by atoms with Crippen molar-refractivity contribution in [1.82, 2.24) is 20.5 Å². The standard InChI is InChI=1S/C20H22N4O2S/c1-3-15(16-8-5-4-6-9-16)13-22-18(25)14(2)27-20-24-23-19(26-20)17-10-7-11-21-12-17/h4-12,14-15H,3,13H2,1-2H3,(H,22,25)/t14-,15+/m0/s1. The monoisotopic (exact) mass is 382 g/mol. The molecule has 2 atom stereocenters. The molecular formula is C20H22N4O2S. The molecule has 3 rings (SSSR count). The molecule has 0 spiro atoms. The Bertz CT molecular complexity index is 855. The maximum Gasteiger partial charge on any atom is 0.277 e. The summed E-state index contributed by atoms with van der Waals surface area (Å²) in [5.41, 5.74) is 1.99. The average molecular weight is 382 g/mol. The summed E-state index contributed by atoms with van der Waals surface area (Å²) in [6.07, 6.45) is 4.30. The molecule has 3 aromatic rings. The third-order valence-corrected chi connectivity index (χ3v) is 5.18. The number of hydrogen-bond donors (Lipinski definition) is 1. The lowest BCUT2D eigenvalue weighted by Gasteiger charge is -2.17. The number of hydrogen-bond acceptors (Lipinski definition) is 6. The number of nitrogens with zero attached hydrogens (tertiary/aromatic N) is 3. The molecule has 2 heterocycles. The number of pyridine rings is 1. The highest BCUT2D eigenvalue weighted by atomic mass is 32.2. The van der Waals surface area contributed by atoms with Gasteiger partial charge >= 0.3 is 0 Å². The van der Waals surface area contributed by atoms with Gasteiger partial charge in [0.15, 0.2) is 0 Å². The van der Waals surface area contributed by atoms with Crippen molar-refractivity contribution in [2.75, 3.05) is 6.54 Å². The highest BCUT2D eigenvalue weighted by Crippen LogP contribution is 2.26. The lowest BCUT2D eigenvalue weighted by Crippen LogP contribution is -2.34. The predicted molar refractivity (Wildman–Crippen MR) is 105 cm³/mol. The zero-order valence-corrected chi connectivity index (χ0v) is 16.1. The Morgan fingerprint density at radius 2 is 2.00 bits per heavy atom. The molecule has 0 radical (unpaired) electrons. The van der Waals surface area contributed by atoms with Crippen LogP contribution in [-0.4, -0.2) is 32.9 Å². The minimum atomic E-state index is -0.333. The molecule has 0 saturated heterocycles. The topological polar surface area (TPSA) is 80.9 Å².